The van der Waals surface area contributed by atoms with E-state index in [0.717, 1.165) is 29.5 Å². The second kappa shape index (κ2) is 9.30. The summed E-state index contributed by atoms with van der Waals surface area (Å²) in [6, 6.07) is 17.7. The number of allylic oxidation sites excluding steroid dienone is 1. The van der Waals surface area contributed by atoms with E-state index in [1.807, 2.05) is 54.6 Å². The number of benzene rings is 2. The zero-order valence-electron chi connectivity index (χ0n) is 15.3. The summed E-state index contributed by atoms with van der Waals surface area (Å²) in [6.45, 7) is 2.68. The molecule has 0 aliphatic heterocycles. The molecule has 3 aromatic rings. The fourth-order valence-corrected chi connectivity index (χ4v) is 2.59. The van der Waals surface area contributed by atoms with Crippen LogP contribution >= 0.6 is 0 Å². The van der Waals surface area contributed by atoms with E-state index in [2.05, 4.69) is 29.0 Å². The first kappa shape index (κ1) is 18.3. The van der Waals surface area contributed by atoms with Crippen LogP contribution < -0.4 is 4.74 Å². The molecule has 0 saturated heterocycles. The topological polar surface area (TPSA) is 58.8 Å². The fourth-order valence-electron chi connectivity index (χ4n) is 2.59. The summed E-state index contributed by atoms with van der Waals surface area (Å²) in [4.78, 5) is 8.79. The van der Waals surface area contributed by atoms with Crippen LogP contribution in [0.1, 0.15) is 25.3 Å². The number of hydrogen-bond acceptors (Lipinski definition) is 4. The molecule has 27 heavy (non-hydrogen) atoms. The molecule has 0 N–H and O–H groups in total. The molecule has 0 saturated carbocycles. The molecule has 0 aliphatic rings. The van der Waals surface area contributed by atoms with Crippen molar-refractivity contribution >= 4 is 0 Å². The van der Waals surface area contributed by atoms with Gasteiger partial charge < -0.3 is 4.74 Å². The first-order valence-corrected chi connectivity index (χ1v) is 9.01. The molecule has 0 atom stereocenters. The quantitative estimate of drug-likeness (QED) is 0.531. The minimum Gasteiger partial charge on any atom is -0.486 e. The molecular weight excluding hydrogens is 334 g/mol. The smallest absolute Gasteiger partial charge is 0.159 e. The average molecular weight is 355 g/mol. The van der Waals surface area contributed by atoms with Crippen molar-refractivity contribution in [2.24, 2.45) is 0 Å². The van der Waals surface area contributed by atoms with Crippen molar-refractivity contribution in [1.82, 2.24) is 9.97 Å². The van der Waals surface area contributed by atoms with Crippen molar-refractivity contribution < 1.29 is 4.74 Å². The Bertz CT molecular complexity index is 921. The van der Waals surface area contributed by atoms with E-state index in [9.17, 15) is 0 Å². The van der Waals surface area contributed by atoms with Crippen molar-refractivity contribution in [2.75, 3.05) is 6.61 Å². The second-order valence-electron chi connectivity index (χ2n) is 6.08. The highest BCUT2D eigenvalue weighted by atomic mass is 16.5. The third kappa shape index (κ3) is 5.02. The van der Waals surface area contributed by atoms with E-state index in [0.29, 0.717) is 23.7 Å². The maximum atomic E-state index is 8.89. The average Bonchev–Trinajstić information content (AvgIpc) is 2.74. The number of rotatable bonds is 7. The van der Waals surface area contributed by atoms with E-state index in [-0.39, 0.29) is 0 Å². The van der Waals surface area contributed by atoms with Crippen molar-refractivity contribution in [3.63, 3.8) is 0 Å². The Kier molecular flexibility index (Phi) is 6.32. The predicted molar refractivity (Wildman–Crippen MR) is 107 cm³/mol. The van der Waals surface area contributed by atoms with Gasteiger partial charge in [-0.3, -0.25) is 0 Å². The molecule has 1 aromatic heterocycles. The van der Waals surface area contributed by atoms with Crippen LogP contribution in [0.4, 0.5) is 0 Å². The molecular formula is C23H21N3O. The molecule has 0 amide bonds. The monoisotopic (exact) mass is 355 g/mol. The van der Waals surface area contributed by atoms with Gasteiger partial charge in [-0.15, -0.1) is 0 Å². The molecule has 0 bridgehead atoms. The van der Waals surface area contributed by atoms with Crippen molar-refractivity contribution in [1.29, 1.82) is 5.26 Å². The molecule has 4 heteroatoms. The Hall–Kier alpha value is -3.45. The van der Waals surface area contributed by atoms with E-state index < -0.39 is 0 Å². The van der Waals surface area contributed by atoms with Gasteiger partial charge in [0.15, 0.2) is 11.6 Å². The van der Waals surface area contributed by atoms with E-state index >= 15 is 0 Å². The molecule has 0 fully saturated rings. The van der Waals surface area contributed by atoms with Crippen LogP contribution in [-0.2, 0) is 0 Å². The molecule has 0 aliphatic carbocycles. The molecule has 0 spiro atoms. The first-order chi connectivity index (χ1) is 13.3. The highest BCUT2D eigenvalue weighted by Crippen LogP contribution is 2.23. The van der Waals surface area contributed by atoms with Crippen LogP contribution in [0, 0.1) is 11.3 Å². The summed E-state index contributed by atoms with van der Waals surface area (Å²) in [7, 11) is 0. The van der Waals surface area contributed by atoms with Gasteiger partial charge in [0.25, 0.3) is 0 Å². The standard InChI is InChI=1S/C23H21N3O/c1-2-3-4-5-14-27-22-16-25-23(26-17-22)21-12-10-20(11-13-21)19-8-6-18(15-24)7-9-19/h4-13,16-17H,2-3,14H2,1H3. The highest BCUT2D eigenvalue weighted by molar-refractivity contribution is 5.68. The van der Waals surface area contributed by atoms with Gasteiger partial charge in [-0.05, 0) is 29.7 Å². The van der Waals surface area contributed by atoms with Crippen LogP contribution in [0.15, 0.2) is 73.1 Å². The van der Waals surface area contributed by atoms with Gasteiger partial charge in [0, 0.05) is 5.56 Å². The van der Waals surface area contributed by atoms with Crippen LogP contribution in [0.2, 0.25) is 0 Å². The third-order valence-electron chi connectivity index (χ3n) is 4.09. The van der Waals surface area contributed by atoms with Crippen molar-refractivity contribution in [2.45, 2.75) is 19.8 Å². The van der Waals surface area contributed by atoms with Gasteiger partial charge in [0.05, 0.1) is 24.0 Å². The normalized spacial score (nSPS) is 10.7. The number of hydrogen-bond donors (Lipinski definition) is 0. The Morgan fingerprint density at radius 1 is 0.889 bits per heavy atom. The Morgan fingerprint density at radius 3 is 2.07 bits per heavy atom. The Morgan fingerprint density at radius 2 is 1.48 bits per heavy atom. The largest absolute Gasteiger partial charge is 0.486 e. The summed E-state index contributed by atoms with van der Waals surface area (Å²) < 4.78 is 5.60. The molecule has 1 heterocycles. The number of nitriles is 1. The minimum absolute atomic E-state index is 0.530. The summed E-state index contributed by atoms with van der Waals surface area (Å²) >= 11 is 0. The van der Waals surface area contributed by atoms with E-state index in [4.69, 9.17) is 10.00 Å². The summed E-state index contributed by atoms with van der Waals surface area (Å²) in [5.41, 5.74) is 3.76. The van der Waals surface area contributed by atoms with Gasteiger partial charge in [-0.1, -0.05) is 61.9 Å². The third-order valence-corrected chi connectivity index (χ3v) is 4.09. The van der Waals surface area contributed by atoms with Crippen LogP contribution in [0.3, 0.4) is 0 Å². The lowest BCUT2D eigenvalue weighted by Crippen LogP contribution is -1.96. The molecule has 134 valence electrons. The van der Waals surface area contributed by atoms with Gasteiger partial charge in [-0.2, -0.15) is 5.26 Å². The molecule has 2 aromatic carbocycles. The lowest BCUT2D eigenvalue weighted by atomic mass is 10.0. The Balaban J connectivity index is 1.65. The molecule has 0 unspecified atom stereocenters. The highest BCUT2D eigenvalue weighted by Gasteiger charge is 2.04. The van der Waals surface area contributed by atoms with Crippen LogP contribution in [-0.4, -0.2) is 16.6 Å². The van der Waals surface area contributed by atoms with Crippen molar-refractivity contribution in [3.8, 4) is 34.3 Å². The summed E-state index contributed by atoms with van der Waals surface area (Å²) in [5, 5.41) is 8.89. The lowest BCUT2D eigenvalue weighted by Gasteiger charge is -2.06. The van der Waals surface area contributed by atoms with Crippen molar-refractivity contribution in [3.05, 3.63) is 78.6 Å². The molecule has 4 nitrogen and oxygen atoms in total. The van der Waals surface area contributed by atoms with Crippen LogP contribution in [0.25, 0.3) is 22.5 Å². The van der Waals surface area contributed by atoms with Gasteiger partial charge in [-0.25, -0.2) is 9.97 Å². The van der Waals surface area contributed by atoms with Gasteiger partial charge >= 0.3 is 0 Å². The number of ether oxygens (including phenoxy) is 1. The van der Waals surface area contributed by atoms with Gasteiger partial charge in [0.2, 0.25) is 0 Å². The second-order valence-corrected chi connectivity index (χ2v) is 6.08. The summed E-state index contributed by atoms with van der Waals surface area (Å²) in [6.07, 6.45) is 9.73. The number of aromatic nitrogens is 2. The fraction of sp³-hybridized carbons (Fsp3) is 0.174. The lowest BCUT2D eigenvalue weighted by molar-refractivity contribution is 0.359. The maximum absolute atomic E-state index is 8.89. The van der Waals surface area contributed by atoms with Crippen LogP contribution in [0.5, 0.6) is 5.75 Å². The molecule has 3 rings (SSSR count). The van der Waals surface area contributed by atoms with E-state index in [1.54, 1.807) is 12.4 Å². The number of unbranched alkanes of at least 4 members (excludes halogenated alkanes) is 1. The first-order valence-electron chi connectivity index (χ1n) is 9.01. The predicted octanol–water partition coefficient (Wildman–Crippen LogP) is 5.42. The molecule has 0 radical (unpaired) electrons. The Labute approximate surface area is 159 Å². The maximum Gasteiger partial charge on any atom is 0.159 e. The zero-order valence-corrected chi connectivity index (χ0v) is 15.3. The van der Waals surface area contributed by atoms with E-state index in [1.165, 1.54) is 0 Å². The zero-order chi connectivity index (χ0) is 18.9. The summed E-state index contributed by atoms with van der Waals surface area (Å²) in [5.74, 6) is 1.32. The van der Waals surface area contributed by atoms with Gasteiger partial charge in [0.1, 0.15) is 6.61 Å². The SMILES string of the molecule is CCCC=CCOc1cnc(-c2ccc(-c3ccc(C#N)cc3)cc2)nc1. The minimum atomic E-state index is 0.530. The number of nitrogens with zero attached hydrogens (tertiary/aromatic N) is 3.